The zero-order valence-electron chi connectivity index (χ0n) is 12.6. The van der Waals surface area contributed by atoms with Crippen LogP contribution in [0.3, 0.4) is 0 Å². The smallest absolute Gasteiger partial charge is 0.143 e. The number of anilines is 1. The van der Waals surface area contributed by atoms with E-state index in [0.29, 0.717) is 11.1 Å². The third-order valence-corrected chi connectivity index (χ3v) is 3.79. The van der Waals surface area contributed by atoms with Gasteiger partial charge in [0.05, 0.1) is 16.4 Å². The molecule has 114 valence electrons. The number of aromatic nitrogens is 4. The molecular formula is C15H22ClN5. The molecule has 1 atom stereocenters. The maximum atomic E-state index is 6.26. The van der Waals surface area contributed by atoms with Crippen molar-refractivity contribution >= 4 is 17.3 Å². The number of hydrogen-bond donors (Lipinski definition) is 1. The molecule has 1 aromatic heterocycles. The van der Waals surface area contributed by atoms with Crippen LogP contribution in [0.1, 0.15) is 46.0 Å². The highest BCUT2D eigenvalue weighted by atomic mass is 35.5. The van der Waals surface area contributed by atoms with E-state index in [4.69, 9.17) is 11.6 Å². The molecule has 0 saturated heterocycles. The number of unbranched alkanes of at least 4 members (excludes halogenated alkanes) is 3. The summed E-state index contributed by atoms with van der Waals surface area (Å²) in [7, 11) is 0. The lowest BCUT2D eigenvalue weighted by Crippen LogP contribution is -2.15. The van der Waals surface area contributed by atoms with Gasteiger partial charge in [0.25, 0.3) is 0 Å². The zero-order chi connectivity index (χ0) is 15.1. The van der Waals surface area contributed by atoms with Crippen LogP contribution in [0.5, 0.6) is 0 Å². The second kappa shape index (κ2) is 7.98. The molecule has 0 bridgehead atoms. The SMILES string of the molecule is CCCCCCC(C)Nc1cc(-n2cnnn2)ccc1Cl. The summed E-state index contributed by atoms with van der Waals surface area (Å²) in [5, 5.41) is 15.4. The maximum Gasteiger partial charge on any atom is 0.143 e. The lowest BCUT2D eigenvalue weighted by molar-refractivity contribution is 0.594. The third kappa shape index (κ3) is 4.70. The van der Waals surface area contributed by atoms with Crippen molar-refractivity contribution in [1.82, 2.24) is 20.2 Å². The Morgan fingerprint density at radius 2 is 2.14 bits per heavy atom. The quantitative estimate of drug-likeness (QED) is 0.746. The highest BCUT2D eigenvalue weighted by molar-refractivity contribution is 6.33. The highest BCUT2D eigenvalue weighted by Gasteiger charge is 2.08. The van der Waals surface area contributed by atoms with Crippen molar-refractivity contribution in [1.29, 1.82) is 0 Å². The van der Waals surface area contributed by atoms with Gasteiger partial charge in [-0.25, -0.2) is 4.68 Å². The van der Waals surface area contributed by atoms with Crippen LogP contribution in [0.2, 0.25) is 5.02 Å². The Hall–Kier alpha value is -1.62. The van der Waals surface area contributed by atoms with Crippen LogP contribution >= 0.6 is 11.6 Å². The summed E-state index contributed by atoms with van der Waals surface area (Å²) in [5.41, 5.74) is 1.82. The largest absolute Gasteiger partial charge is 0.381 e. The van der Waals surface area contributed by atoms with E-state index in [0.717, 1.165) is 17.8 Å². The molecule has 0 amide bonds. The van der Waals surface area contributed by atoms with Gasteiger partial charge in [0.15, 0.2) is 0 Å². The van der Waals surface area contributed by atoms with E-state index in [2.05, 4.69) is 34.7 Å². The lowest BCUT2D eigenvalue weighted by atomic mass is 10.1. The molecule has 1 unspecified atom stereocenters. The van der Waals surface area contributed by atoms with E-state index in [1.165, 1.54) is 25.7 Å². The topological polar surface area (TPSA) is 55.6 Å². The fraction of sp³-hybridized carbons (Fsp3) is 0.533. The van der Waals surface area contributed by atoms with Gasteiger partial charge in [-0.1, -0.05) is 44.2 Å². The molecule has 0 aliphatic carbocycles. The molecule has 1 N–H and O–H groups in total. The molecule has 0 saturated carbocycles. The Morgan fingerprint density at radius 3 is 2.86 bits per heavy atom. The Labute approximate surface area is 130 Å². The predicted molar refractivity (Wildman–Crippen MR) is 86.0 cm³/mol. The van der Waals surface area contributed by atoms with Crippen LogP contribution in [0, 0.1) is 0 Å². The standard InChI is InChI=1S/C15H22ClN5/c1-3-4-5-6-7-12(2)18-15-10-13(8-9-14(15)16)21-11-17-19-20-21/h8-12,18H,3-7H2,1-2H3. The molecule has 0 aliphatic heterocycles. The minimum absolute atomic E-state index is 0.392. The summed E-state index contributed by atoms with van der Waals surface area (Å²) in [5.74, 6) is 0. The Balaban J connectivity index is 1.97. The number of nitrogens with zero attached hydrogens (tertiary/aromatic N) is 4. The van der Waals surface area contributed by atoms with Crippen LogP contribution in [0.15, 0.2) is 24.5 Å². The molecule has 5 nitrogen and oxygen atoms in total. The van der Waals surface area contributed by atoms with Gasteiger partial charge in [0.1, 0.15) is 6.33 Å². The number of halogens is 1. The molecule has 1 aromatic carbocycles. The van der Waals surface area contributed by atoms with E-state index >= 15 is 0 Å². The summed E-state index contributed by atoms with van der Waals surface area (Å²) in [6.07, 6.45) is 7.82. The van der Waals surface area contributed by atoms with Crippen molar-refractivity contribution in [3.05, 3.63) is 29.5 Å². The number of tetrazole rings is 1. The van der Waals surface area contributed by atoms with E-state index in [-0.39, 0.29) is 0 Å². The summed E-state index contributed by atoms with van der Waals surface area (Å²) in [6.45, 7) is 4.41. The van der Waals surface area contributed by atoms with Gasteiger partial charge in [-0.3, -0.25) is 0 Å². The van der Waals surface area contributed by atoms with Crippen molar-refractivity contribution in [3.8, 4) is 5.69 Å². The van der Waals surface area contributed by atoms with Gasteiger partial charge in [-0.15, -0.1) is 5.10 Å². The van der Waals surface area contributed by atoms with Crippen molar-refractivity contribution in [2.45, 2.75) is 52.0 Å². The molecule has 2 rings (SSSR count). The van der Waals surface area contributed by atoms with Gasteiger partial charge >= 0.3 is 0 Å². The number of benzene rings is 1. The van der Waals surface area contributed by atoms with Gasteiger partial charge in [0.2, 0.25) is 0 Å². The molecular weight excluding hydrogens is 286 g/mol. The number of rotatable bonds is 8. The van der Waals surface area contributed by atoms with Crippen molar-refractivity contribution in [2.75, 3.05) is 5.32 Å². The summed E-state index contributed by atoms with van der Waals surface area (Å²) in [6, 6.07) is 6.13. The first-order valence-electron chi connectivity index (χ1n) is 7.50. The molecule has 1 heterocycles. The van der Waals surface area contributed by atoms with Gasteiger partial charge in [0, 0.05) is 6.04 Å². The minimum atomic E-state index is 0.392. The normalized spacial score (nSPS) is 12.3. The van der Waals surface area contributed by atoms with Gasteiger partial charge in [-0.05, 0) is 42.0 Å². The van der Waals surface area contributed by atoms with Crippen molar-refractivity contribution in [2.24, 2.45) is 0 Å². The first kappa shape index (κ1) is 15.8. The van der Waals surface area contributed by atoms with Crippen molar-refractivity contribution < 1.29 is 0 Å². The molecule has 0 aliphatic rings. The Kier molecular flexibility index (Phi) is 5.99. The van der Waals surface area contributed by atoms with E-state index in [1.807, 2.05) is 18.2 Å². The minimum Gasteiger partial charge on any atom is -0.381 e. The van der Waals surface area contributed by atoms with Crippen molar-refractivity contribution in [3.63, 3.8) is 0 Å². The predicted octanol–water partition coefficient (Wildman–Crippen LogP) is 4.09. The molecule has 0 fully saturated rings. The summed E-state index contributed by atoms with van der Waals surface area (Å²) < 4.78 is 1.62. The monoisotopic (exact) mass is 307 g/mol. The second-order valence-corrected chi connectivity index (χ2v) is 5.72. The van der Waals surface area contributed by atoms with Gasteiger partial charge < -0.3 is 5.32 Å². The van der Waals surface area contributed by atoms with E-state index in [1.54, 1.807) is 11.0 Å². The number of nitrogens with one attached hydrogen (secondary N) is 1. The fourth-order valence-corrected chi connectivity index (χ4v) is 2.43. The molecule has 0 spiro atoms. The second-order valence-electron chi connectivity index (χ2n) is 5.31. The van der Waals surface area contributed by atoms with Crippen LogP contribution in [-0.4, -0.2) is 26.2 Å². The van der Waals surface area contributed by atoms with E-state index < -0.39 is 0 Å². The first-order chi connectivity index (χ1) is 10.2. The van der Waals surface area contributed by atoms with Crippen LogP contribution < -0.4 is 5.32 Å². The fourth-order valence-electron chi connectivity index (χ4n) is 2.26. The molecule has 6 heteroatoms. The van der Waals surface area contributed by atoms with Crippen LogP contribution in [-0.2, 0) is 0 Å². The Bertz CT molecular complexity index is 541. The summed E-state index contributed by atoms with van der Waals surface area (Å²) in [4.78, 5) is 0. The van der Waals surface area contributed by atoms with Crippen LogP contribution in [0.4, 0.5) is 5.69 Å². The zero-order valence-corrected chi connectivity index (χ0v) is 13.3. The first-order valence-corrected chi connectivity index (χ1v) is 7.88. The number of hydrogen-bond acceptors (Lipinski definition) is 4. The molecule has 21 heavy (non-hydrogen) atoms. The average Bonchev–Trinajstić information content (AvgIpc) is 3.00. The Morgan fingerprint density at radius 1 is 1.29 bits per heavy atom. The maximum absolute atomic E-state index is 6.26. The van der Waals surface area contributed by atoms with Gasteiger partial charge in [-0.2, -0.15) is 0 Å². The molecule has 0 radical (unpaired) electrons. The lowest BCUT2D eigenvalue weighted by Gasteiger charge is -2.17. The third-order valence-electron chi connectivity index (χ3n) is 3.46. The molecule has 2 aromatic rings. The van der Waals surface area contributed by atoms with E-state index in [9.17, 15) is 0 Å². The van der Waals surface area contributed by atoms with Crippen LogP contribution in [0.25, 0.3) is 5.69 Å². The average molecular weight is 308 g/mol. The highest BCUT2D eigenvalue weighted by Crippen LogP contribution is 2.25. The summed E-state index contributed by atoms with van der Waals surface area (Å²) >= 11 is 6.26.